The van der Waals surface area contributed by atoms with Gasteiger partial charge in [-0.15, -0.1) is 0 Å². The number of halogens is 1. The summed E-state index contributed by atoms with van der Waals surface area (Å²) in [5, 5.41) is 3.60. The lowest BCUT2D eigenvalue weighted by atomic mass is 9.80. The zero-order valence-corrected chi connectivity index (χ0v) is 31.0. The summed E-state index contributed by atoms with van der Waals surface area (Å²) in [5.74, 6) is 1.78. The van der Waals surface area contributed by atoms with Crippen LogP contribution in [0.25, 0.3) is 0 Å². The molecule has 0 unspecified atom stereocenters. The summed E-state index contributed by atoms with van der Waals surface area (Å²) in [7, 11) is -5.40. The van der Waals surface area contributed by atoms with E-state index in [2.05, 4.69) is 33.4 Å². The Bertz CT molecular complexity index is 1720. The van der Waals surface area contributed by atoms with E-state index >= 15 is 0 Å². The van der Waals surface area contributed by atoms with Crippen molar-refractivity contribution in [3.8, 4) is 0 Å². The zero-order chi connectivity index (χ0) is 34.9. The van der Waals surface area contributed by atoms with Crippen LogP contribution in [0.4, 0.5) is 4.39 Å². The Labute approximate surface area is 294 Å². The molecule has 0 spiro atoms. The lowest BCUT2D eigenvalue weighted by Gasteiger charge is -2.27. The SMILES string of the molecule is C=C1/C(=C\CP(=O)(c2ccccc2)c2ccccc2)C[C@@H](C)C[C@@H]1F.C[C@@H]1CC(=CCP(=O)(c2ccccc2)c2ccccc2)C[C@@H](C)C1. The van der Waals surface area contributed by atoms with Crippen molar-refractivity contribution < 1.29 is 13.5 Å². The summed E-state index contributed by atoms with van der Waals surface area (Å²) >= 11 is 0. The maximum Gasteiger partial charge on any atom is 0.146 e. The van der Waals surface area contributed by atoms with Gasteiger partial charge < -0.3 is 9.13 Å². The van der Waals surface area contributed by atoms with Gasteiger partial charge in [-0.1, -0.05) is 166 Å². The van der Waals surface area contributed by atoms with Crippen molar-refractivity contribution in [2.75, 3.05) is 12.3 Å². The predicted molar refractivity (Wildman–Crippen MR) is 210 cm³/mol. The van der Waals surface area contributed by atoms with Crippen molar-refractivity contribution >= 4 is 35.5 Å². The summed E-state index contributed by atoms with van der Waals surface area (Å²) in [6.45, 7) is 10.6. The van der Waals surface area contributed by atoms with Crippen LogP contribution in [0.1, 0.15) is 52.9 Å². The number of hydrogen-bond acceptors (Lipinski definition) is 2. The highest BCUT2D eigenvalue weighted by Crippen LogP contribution is 2.46. The first-order chi connectivity index (χ1) is 23.6. The van der Waals surface area contributed by atoms with Gasteiger partial charge in [0.25, 0.3) is 0 Å². The highest BCUT2D eigenvalue weighted by Gasteiger charge is 2.30. The van der Waals surface area contributed by atoms with Crippen LogP contribution in [-0.4, -0.2) is 18.5 Å². The molecule has 5 heteroatoms. The van der Waals surface area contributed by atoms with Crippen LogP contribution in [0.5, 0.6) is 0 Å². The molecule has 2 fully saturated rings. The number of benzene rings is 4. The van der Waals surface area contributed by atoms with Crippen LogP contribution in [0.2, 0.25) is 0 Å². The van der Waals surface area contributed by atoms with Gasteiger partial charge in [0.1, 0.15) is 20.5 Å². The van der Waals surface area contributed by atoms with E-state index in [0.29, 0.717) is 30.2 Å². The topological polar surface area (TPSA) is 34.1 Å². The third-order valence-corrected chi connectivity index (χ3v) is 15.8. The summed E-state index contributed by atoms with van der Waals surface area (Å²) < 4.78 is 42.1. The van der Waals surface area contributed by atoms with Gasteiger partial charge in [-0.05, 0) is 61.0 Å². The van der Waals surface area contributed by atoms with E-state index in [1.807, 2.05) is 127 Å². The molecule has 4 atom stereocenters. The van der Waals surface area contributed by atoms with Gasteiger partial charge in [-0.3, -0.25) is 0 Å². The quantitative estimate of drug-likeness (QED) is 0.136. The van der Waals surface area contributed by atoms with Gasteiger partial charge in [0.15, 0.2) is 0 Å². The van der Waals surface area contributed by atoms with Crippen LogP contribution in [0.15, 0.2) is 157 Å². The first kappa shape index (κ1) is 36.8. The average Bonchev–Trinajstić information content (AvgIpc) is 3.13. The van der Waals surface area contributed by atoms with Crippen molar-refractivity contribution in [3.05, 3.63) is 157 Å². The van der Waals surface area contributed by atoms with Crippen molar-refractivity contribution in [2.45, 2.75) is 59.0 Å². The van der Waals surface area contributed by atoms with E-state index in [0.717, 1.165) is 57.9 Å². The Morgan fingerprint density at radius 2 is 0.918 bits per heavy atom. The van der Waals surface area contributed by atoms with Crippen molar-refractivity contribution in [1.29, 1.82) is 0 Å². The molecule has 0 radical (unpaired) electrons. The second kappa shape index (κ2) is 16.9. The Kier molecular flexibility index (Phi) is 12.7. The Morgan fingerprint density at radius 1 is 0.571 bits per heavy atom. The molecule has 0 aliphatic heterocycles. The standard InChI is InChI=1S/C22H24FOP.C22H27OP/c1-17-15-19(18(2)22(23)16-17)13-14-25(24,20-9-5-3-6-10-20)21-11-7-4-8-12-21;1-18-15-19(2)17-20(16-18)13-14-24(23,21-9-5-3-6-10-21)22-11-7-4-8-12-22/h3-13,17,22H,2,14-16H2,1H3;3-13,18-19H,14-17H2,1-2H3/b19-13-;/t17-,22+;18-,19-/m10/s1. The molecule has 0 aromatic heterocycles. The molecule has 2 aliphatic carbocycles. The molecule has 0 bridgehead atoms. The van der Waals surface area contributed by atoms with E-state index in [9.17, 15) is 13.5 Å². The smallest absolute Gasteiger partial charge is 0.146 e. The minimum atomic E-state index is -2.80. The fourth-order valence-electron chi connectivity index (χ4n) is 7.39. The molecular formula is C44H51FO2P2. The molecule has 2 saturated carbocycles. The highest BCUT2D eigenvalue weighted by atomic mass is 31.2. The molecule has 0 N–H and O–H groups in total. The van der Waals surface area contributed by atoms with Crippen molar-refractivity contribution in [3.63, 3.8) is 0 Å². The Morgan fingerprint density at radius 3 is 1.31 bits per heavy atom. The molecule has 0 heterocycles. The predicted octanol–water partition coefficient (Wildman–Crippen LogP) is 10.6. The third-order valence-electron chi connectivity index (χ3n) is 9.92. The van der Waals surface area contributed by atoms with Crippen molar-refractivity contribution in [2.24, 2.45) is 17.8 Å². The van der Waals surface area contributed by atoms with Crippen LogP contribution < -0.4 is 21.2 Å². The number of rotatable bonds is 8. The Hall–Kier alpha value is -3.51. The lowest BCUT2D eigenvalue weighted by Crippen LogP contribution is -2.21. The number of allylic oxidation sites excluding steroid dienone is 5. The molecular weight excluding hydrogens is 641 g/mol. The van der Waals surface area contributed by atoms with Gasteiger partial charge in [0.05, 0.1) is 0 Å². The molecule has 6 rings (SSSR count). The largest absolute Gasteiger partial charge is 0.313 e. The maximum absolute atomic E-state index is 14.1. The molecule has 4 aromatic rings. The van der Waals surface area contributed by atoms with E-state index in [1.165, 1.54) is 12.0 Å². The molecule has 0 amide bonds. The van der Waals surface area contributed by atoms with Gasteiger partial charge >= 0.3 is 0 Å². The maximum atomic E-state index is 14.1. The third kappa shape index (κ3) is 9.39. The van der Waals surface area contributed by atoms with E-state index in [4.69, 9.17) is 0 Å². The normalized spacial score (nSPS) is 22.2. The Balaban J connectivity index is 0.000000191. The summed E-state index contributed by atoms with van der Waals surface area (Å²) in [6.07, 6.45) is 9.27. The van der Waals surface area contributed by atoms with Crippen LogP contribution in [0.3, 0.4) is 0 Å². The van der Waals surface area contributed by atoms with E-state index in [1.54, 1.807) is 0 Å². The second-order valence-electron chi connectivity index (χ2n) is 14.2. The monoisotopic (exact) mass is 692 g/mol. The lowest BCUT2D eigenvalue weighted by molar-refractivity contribution is 0.294. The van der Waals surface area contributed by atoms with Gasteiger partial charge in [0.2, 0.25) is 0 Å². The molecule has 4 aromatic carbocycles. The fourth-order valence-corrected chi connectivity index (χ4v) is 12.4. The summed E-state index contributed by atoms with van der Waals surface area (Å²) in [5.41, 5.74) is 2.98. The first-order valence-electron chi connectivity index (χ1n) is 17.7. The molecule has 49 heavy (non-hydrogen) atoms. The van der Waals surface area contributed by atoms with Crippen LogP contribution in [-0.2, 0) is 9.13 Å². The number of alkyl halides is 1. The van der Waals surface area contributed by atoms with E-state index in [-0.39, 0.29) is 0 Å². The average molecular weight is 693 g/mol. The highest BCUT2D eigenvalue weighted by molar-refractivity contribution is 7.79. The molecule has 2 aliphatic rings. The minimum Gasteiger partial charge on any atom is -0.313 e. The van der Waals surface area contributed by atoms with E-state index < -0.39 is 20.5 Å². The zero-order valence-electron chi connectivity index (χ0n) is 29.3. The molecule has 256 valence electrons. The van der Waals surface area contributed by atoms with Crippen molar-refractivity contribution in [1.82, 2.24) is 0 Å². The molecule has 0 saturated heterocycles. The minimum absolute atomic E-state index is 0.291. The van der Waals surface area contributed by atoms with Gasteiger partial charge in [0, 0.05) is 33.5 Å². The van der Waals surface area contributed by atoms with Crippen LogP contribution >= 0.6 is 14.3 Å². The number of hydrogen-bond donors (Lipinski definition) is 0. The van der Waals surface area contributed by atoms with Gasteiger partial charge in [-0.25, -0.2) is 4.39 Å². The summed E-state index contributed by atoms with van der Waals surface area (Å²) in [6, 6.07) is 39.2. The molecule has 2 nitrogen and oxygen atoms in total. The summed E-state index contributed by atoms with van der Waals surface area (Å²) in [4.78, 5) is 0. The second-order valence-corrected chi connectivity index (χ2v) is 19.9. The van der Waals surface area contributed by atoms with Gasteiger partial charge in [-0.2, -0.15) is 0 Å². The fraction of sp³-hybridized carbons (Fsp3) is 0.318. The van der Waals surface area contributed by atoms with Crippen LogP contribution in [0, 0.1) is 17.8 Å². The first-order valence-corrected chi connectivity index (χ1v) is 21.5.